The average molecular weight is 283 g/mol. The summed E-state index contributed by atoms with van der Waals surface area (Å²) in [5.41, 5.74) is 2.40. The average Bonchev–Trinajstić information content (AvgIpc) is 2.95. The minimum absolute atomic E-state index is 0.0647. The summed E-state index contributed by atoms with van der Waals surface area (Å²) in [7, 11) is 0. The molecule has 0 fully saturated rings. The molecule has 3 nitrogen and oxygen atoms in total. The van der Waals surface area contributed by atoms with Crippen molar-refractivity contribution in [1.82, 2.24) is 5.32 Å². The lowest BCUT2D eigenvalue weighted by Crippen LogP contribution is -2.21. The van der Waals surface area contributed by atoms with Gasteiger partial charge in [-0.3, -0.25) is 10.3 Å². The van der Waals surface area contributed by atoms with Crippen molar-refractivity contribution in [2.24, 2.45) is 4.99 Å². The van der Waals surface area contributed by atoms with Crippen LogP contribution in [0.5, 0.6) is 0 Å². The van der Waals surface area contributed by atoms with Crippen LogP contribution in [-0.4, -0.2) is 5.84 Å². The molecule has 0 aliphatic heterocycles. The van der Waals surface area contributed by atoms with Gasteiger partial charge in [0.2, 0.25) is 0 Å². The first kappa shape index (κ1) is 14.3. The van der Waals surface area contributed by atoms with Crippen LogP contribution in [0.2, 0.25) is 0 Å². The summed E-state index contributed by atoms with van der Waals surface area (Å²) in [4.78, 5) is 5.84. The summed E-state index contributed by atoms with van der Waals surface area (Å²) < 4.78 is 0. The van der Waals surface area contributed by atoms with Crippen molar-refractivity contribution in [1.29, 1.82) is 5.26 Å². The molecule has 0 bridgehead atoms. The van der Waals surface area contributed by atoms with Gasteiger partial charge >= 0.3 is 0 Å². The zero-order valence-electron chi connectivity index (χ0n) is 11.6. The van der Waals surface area contributed by atoms with Crippen molar-refractivity contribution >= 4 is 17.2 Å². The third-order valence-electron chi connectivity index (χ3n) is 3.12. The molecule has 0 aliphatic carbocycles. The second-order valence-electron chi connectivity index (χ2n) is 4.61. The third kappa shape index (κ3) is 3.69. The lowest BCUT2D eigenvalue weighted by molar-refractivity contribution is 0.826. The van der Waals surface area contributed by atoms with E-state index in [1.807, 2.05) is 36.7 Å². The molecule has 0 aliphatic rings. The van der Waals surface area contributed by atoms with E-state index in [0.717, 1.165) is 0 Å². The zero-order chi connectivity index (χ0) is 14.4. The lowest BCUT2D eigenvalue weighted by Gasteiger charge is -2.10. The molecule has 1 atom stereocenters. The molecule has 0 saturated carbocycles. The highest BCUT2D eigenvalue weighted by atomic mass is 32.1. The number of amidine groups is 1. The van der Waals surface area contributed by atoms with Gasteiger partial charge in [-0.25, -0.2) is 0 Å². The Bertz CT molecular complexity index is 623. The number of hydrogen-bond acceptors (Lipinski definition) is 3. The van der Waals surface area contributed by atoms with E-state index in [-0.39, 0.29) is 6.04 Å². The molecule has 2 aromatic rings. The summed E-state index contributed by atoms with van der Waals surface area (Å²) >= 11 is 1.68. The maximum atomic E-state index is 8.89. The fourth-order valence-electron chi connectivity index (χ4n) is 2.00. The van der Waals surface area contributed by atoms with E-state index in [9.17, 15) is 0 Å². The Balaban J connectivity index is 2.19. The Labute approximate surface area is 123 Å². The molecular formula is C16H17N3S. The standard InChI is InChI=1S/C16H17N3S/c1-12-6-3-4-7-14(12)10-16(18-11-17)19-13(2)15-8-5-9-20-15/h3-9,13H,10H2,1-2H3,(H,18,19)/t13-/m1/s1. The van der Waals surface area contributed by atoms with E-state index in [1.165, 1.54) is 16.0 Å². The predicted molar refractivity (Wildman–Crippen MR) is 83.8 cm³/mol. The van der Waals surface area contributed by atoms with Crippen LogP contribution in [0.3, 0.4) is 0 Å². The van der Waals surface area contributed by atoms with E-state index >= 15 is 0 Å². The maximum Gasteiger partial charge on any atom is 0.182 e. The lowest BCUT2D eigenvalue weighted by atomic mass is 10.1. The van der Waals surface area contributed by atoms with Crippen LogP contribution in [0.15, 0.2) is 46.8 Å². The molecule has 1 aromatic carbocycles. The Kier molecular flexibility index (Phi) is 4.91. The fraction of sp³-hybridized carbons (Fsp3) is 0.250. The van der Waals surface area contributed by atoms with Crippen LogP contribution in [0.1, 0.15) is 29.0 Å². The first-order chi connectivity index (χ1) is 9.70. The highest BCUT2D eigenvalue weighted by molar-refractivity contribution is 7.10. The highest BCUT2D eigenvalue weighted by Crippen LogP contribution is 2.22. The SMILES string of the molecule is Cc1ccccc1CC(=N[C@H](C)c1cccs1)NC#N. The van der Waals surface area contributed by atoms with Crippen LogP contribution in [0.25, 0.3) is 0 Å². The number of aliphatic imine (C=N–C) groups is 1. The summed E-state index contributed by atoms with van der Waals surface area (Å²) in [5, 5.41) is 13.6. The predicted octanol–water partition coefficient (Wildman–Crippen LogP) is 3.83. The van der Waals surface area contributed by atoms with Gasteiger partial charge in [0.25, 0.3) is 0 Å². The number of nitrogens with one attached hydrogen (secondary N) is 1. The van der Waals surface area contributed by atoms with Crippen LogP contribution < -0.4 is 5.32 Å². The van der Waals surface area contributed by atoms with Gasteiger partial charge in [0.15, 0.2) is 6.19 Å². The number of thiophene rings is 1. The van der Waals surface area contributed by atoms with Gasteiger partial charge < -0.3 is 0 Å². The number of hydrogen-bond donors (Lipinski definition) is 1. The molecule has 2 rings (SSSR count). The van der Waals surface area contributed by atoms with Gasteiger partial charge in [-0.2, -0.15) is 5.26 Å². The number of benzene rings is 1. The number of rotatable bonds is 4. The molecule has 0 radical (unpaired) electrons. The Morgan fingerprint density at radius 3 is 2.80 bits per heavy atom. The Morgan fingerprint density at radius 1 is 1.35 bits per heavy atom. The molecule has 20 heavy (non-hydrogen) atoms. The van der Waals surface area contributed by atoms with Gasteiger partial charge in [0, 0.05) is 11.3 Å². The van der Waals surface area contributed by atoms with Crippen molar-refractivity contribution in [2.75, 3.05) is 0 Å². The maximum absolute atomic E-state index is 8.89. The van der Waals surface area contributed by atoms with Gasteiger partial charge in [-0.05, 0) is 36.4 Å². The van der Waals surface area contributed by atoms with Crippen LogP contribution in [-0.2, 0) is 6.42 Å². The van der Waals surface area contributed by atoms with Crippen molar-refractivity contribution in [2.45, 2.75) is 26.3 Å². The van der Waals surface area contributed by atoms with E-state index in [2.05, 4.69) is 35.4 Å². The monoisotopic (exact) mass is 283 g/mol. The smallest absolute Gasteiger partial charge is 0.182 e. The quantitative estimate of drug-likeness (QED) is 0.401. The highest BCUT2D eigenvalue weighted by Gasteiger charge is 2.08. The van der Waals surface area contributed by atoms with E-state index in [1.54, 1.807) is 11.3 Å². The van der Waals surface area contributed by atoms with Crippen LogP contribution >= 0.6 is 11.3 Å². The molecule has 0 amide bonds. The summed E-state index contributed by atoms with van der Waals surface area (Å²) in [6.07, 6.45) is 2.63. The largest absolute Gasteiger partial charge is 0.280 e. The van der Waals surface area contributed by atoms with Gasteiger partial charge in [0.1, 0.15) is 5.84 Å². The summed E-state index contributed by atoms with van der Waals surface area (Å²) in [6, 6.07) is 12.3. The summed E-state index contributed by atoms with van der Waals surface area (Å²) in [5.74, 6) is 0.711. The number of nitriles is 1. The molecule has 1 N–H and O–H groups in total. The fourth-order valence-corrected chi connectivity index (χ4v) is 2.72. The summed E-state index contributed by atoms with van der Waals surface area (Å²) in [6.45, 7) is 4.12. The van der Waals surface area contributed by atoms with Gasteiger partial charge in [-0.15, -0.1) is 11.3 Å². The molecule has 0 spiro atoms. The van der Waals surface area contributed by atoms with Gasteiger partial charge in [0.05, 0.1) is 6.04 Å². The second kappa shape index (κ2) is 6.88. The molecular weight excluding hydrogens is 266 g/mol. The van der Waals surface area contributed by atoms with Crippen LogP contribution in [0.4, 0.5) is 0 Å². The van der Waals surface area contributed by atoms with Gasteiger partial charge in [-0.1, -0.05) is 30.3 Å². The Morgan fingerprint density at radius 2 is 2.15 bits per heavy atom. The first-order valence-electron chi connectivity index (χ1n) is 6.50. The van der Waals surface area contributed by atoms with Crippen molar-refractivity contribution in [3.05, 3.63) is 57.8 Å². The number of aryl methyl sites for hydroxylation is 1. The molecule has 1 aromatic heterocycles. The van der Waals surface area contributed by atoms with Crippen molar-refractivity contribution in [3.63, 3.8) is 0 Å². The molecule has 0 saturated heterocycles. The third-order valence-corrected chi connectivity index (χ3v) is 4.17. The minimum atomic E-state index is 0.0647. The normalized spacial score (nSPS) is 12.8. The minimum Gasteiger partial charge on any atom is -0.280 e. The zero-order valence-corrected chi connectivity index (χ0v) is 12.4. The van der Waals surface area contributed by atoms with E-state index in [0.29, 0.717) is 12.3 Å². The van der Waals surface area contributed by atoms with E-state index < -0.39 is 0 Å². The molecule has 102 valence electrons. The molecule has 4 heteroatoms. The molecule has 1 heterocycles. The van der Waals surface area contributed by atoms with E-state index in [4.69, 9.17) is 5.26 Å². The molecule has 0 unspecified atom stereocenters. The number of nitrogens with zero attached hydrogens (tertiary/aromatic N) is 2. The first-order valence-corrected chi connectivity index (χ1v) is 7.38. The van der Waals surface area contributed by atoms with Crippen LogP contribution in [0, 0.1) is 18.4 Å². The second-order valence-corrected chi connectivity index (χ2v) is 5.59. The van der Waals surface area contributed by atoms with Crippen molar-refractivity contribution in [3.8, 4) is 6.19 Å². The topological polar surface area (TPSA) is 48.2 Å². The van der Waals surface area contributed by atoms with Crippen molar-refractivity contribution < 1.29 is 0 Å². The Hall–Kier alpha value is -2.12.